The number of hydrogen-bond acceptors (Lipinski definition) is 2. The van der Waals surface area contributed by atoms with Gasteiger partial charge in [0.2, 0.25) is 0 Å². The fourth-order valence-electron chi connectivity index (χ4n) is 1.66. The van der Waals surface area contributed by atoms with Crippen LogP contribution in [0, 0.1) is 23.5 Å². The number of nitrogens with two attached hydrogens (primary N) is 1. The Kier molecular flexibility index (Phi) is 5.15. The standard InChI is InChI=1S/C16H12ClF2NO/c17-13-4-1-5-14(18)12(13)10-21-16-9-11(3-2-8-20)6-7-15(16)19/h1,4-7,9H,8,10,20H2. The Morgan fingerprint density at radius 3 is 2.67 bits per heavy atom. The Labute approximate surface area is 126 Å². The molecule has 21 heavy (non-hydrogen) atoms. The molecule has 0 aliphatic heterocycles. The summed E-state index contributed by atoms with van der Waals surface area (Å²) in [6.45, 7) is 0.0363. The first-order chi connectivity index (χ1) is 10.1. The van der Waals surface area contributed by atoms with Crippen molar-refractivity contribution in [1.29, 1.82) is 0 Å². The lowest BCUT2D eigenvalue weighted by atomic mass is 10.2. The van der Waals surface area contributed by atoms with Crippen molar-refractivity contribution in [3.05, 3.63) is 64.2 Å². The fourth-order valence-corrected chi connectivity index (χ4v) is 1.88. The molecule has 2 rings (SSSR count). The molecule has 0 atom stereocenters. The van der Waals surface area contributed by atoms with E-state index < -0.39 is 11.6 Å². The molecule has 2 aromatic rings. The minimum Gasteiger partial charge on any atom is -0.486 e. The average Bonchev–Trinajstić information content (AvgIpc) is 2.47. The van der Waals surface area contributed by atoms with Gasteiger partial charge in [-0.3, -0.25) is 0 Å². The van der Waals surface area contributed by atoms with E-state index in [1.54, 1.807) is 6.07 Å². The van der Waals surface area contributed by atoms with Gasteiger partial charge in [-0.15, -0.1) is 0 Å². The van der Waals surface area contributed by atoms with Crippen LogP contribution in [-0.4, -0.2) is 6.54 Å². The second-order valence-corrected chi connectivity index (χ2v) is 4.55. The second kappa shape index (κ2) is 7.07. The van der Waals surface area contributed by atoms with E-state index in [0.29, 0.717) is 5.56 Å². The zero-order valence-electron chi connectivity index (χ0n) is 11.0. The van der Waals surface area contributed by atoms with Crippen LogP contribution < -0.4 is 10.5 Å². The molecule has 0 heterocycles. The van der Waals surface area contributed by atoms with Gasteiger partial charge in [-0.25, -0.2) is 8.78 Å². The minimum atomic E-state index is -0.555. The summed E-state index contributed by atoms with van der Waals surface area (Å²) in [5, 5.41) is 0.231. The predicted octanol–water partition coefficient (Wildman–Crippen LogP) is 3.51. The van der Waals surface area contributed by atoms with E-state index in [-0.39, 0.29) is 29.5 Å². The maximum absolute atomic E-state index is 13.7. The number of ether oxygens (including phenoxy) is 1. The molecule has 108 valence electrons. The molecule has 2 nitrogen and oxygen atoms in total. The first kappa shape index (κ1) is 15.3. The second-order valence-electron chi connectivity index (χ2n) is 4.14. The maximum Gasteiger partial charge on any atom is 0.165 e. The fraction of sp³-hybridized carbons (Fsp3) is 0.125. The Bertz CT molecular complexity index is 687. The average molecular weight is 308 g/mol. The lowest BCUT2D eigenvalue weighted by molar-refractivity contribution is 0.285. The van der Waals surface area contributed by atoms with Crippen LogP contribution >= 0.6 is 11.6 Å². The number of benzene rings is 2. The van der Waals surface area contributed by atoms with Gasteiger partial charge in [0.05, 0.1) is 11.6 Å². The van der Waals surface area contributed by atoms with Gasteiger partial charge in [0.1, 0.15) is 12.4 Å². The summed E-state index contributed by atoms with van der Waals surface area (Å²) in [6.07, 6.45) is 0. The highest BCUT2D eigenvalue weighted by atomic mass is 35.5. The molecule has 0 bridgehead atoms. The van der Waals surface area contributed by atoms with E-state index in [2.05, 4.69) is 11.8 Å². The van der Waals surface area contributed by atoms with Crippen molar-refractivity contribution in [3.63, 3.8) is 0 Å². The number of halogens is 3. The van der Waals surface area contributed by atoms with Crippen molar-refractivity contribution in [2.24, 2.45) is 5.73 Å². The first-order valence-electron chi connectivity index (χ1n) is 6.16. The Morgan fingerprint density at radius 1 is 1.14 bits per heavy atom. The molecule has 0 aliphatic carbocycles. The SMILES string of the molecule is NCC#Cc1ccc(F)c(OCc2c(F)cccc2Cl)c1. The summed E-state index contributed by atoms with van der Waals surface area (Å²) in [5.41, 5.74) is 6.02. The molecule has 0 saturated heterocycles. The van der Waals surface area contributed by atoms with Crippen LogP contribution in [0.3, 0.4) is 0 Å². The van der Waals surface area contributed by atoms with Crippen molar-refractivity contribution in [2.75, 3.05) is 6.54 Å². The molecule has 0 aromatic heterocycles. The topological polar surface area (TPSA) is 35.2 Å². The summed E-state index contributed by atoms with van der Waals surface area (Å²) in [5.74, 6) is 4.36. The largest absolute Gasteiger partial charge is 0.486 e. The molecule has 0 radical (unpaired) electrons. The molecule has 0 unspecified atom stereocenters. The number of hydrogen-bond donors (Lipinski definition) is 1. The summed E-state index contributed by atoms with van der Waals surface area (Å²) in [4.78, 5) is 0. The first-order valence-corrected chi connectivity index (χ1v) is 6.54. The lowest BCUT2D eigenvalue weighted by Gasteiger charge is -2.09. The molecule has 0 spiro atoms. The molecule has 5 heteroatoms. The molecular weight excluding hydrogens is 296 g/mol. The third-order valence-electron chi connectivity index (χ3n) is 2.70. The summed E-state index contributed by atoms with van der Waals surface area (Å²) in [7, 11) is 0. The van der Waals surface area contributed by atoms with E-state index in [1.165, 1.54) is 30.3 Å². The van der Waals surface area contributed by atoms with E-state index in [9.17, 15) is 8.78 Å². The normalized spacial score (nSPS) is 9.90. The Balaban J connectivity index is 2.20. The Morgan fingerprint density at radius 2 is 1.95 bits per heavy atom. The smallest absolute Gasteiger partial charge is 0.165 e. The van der Waals surface area contributed by atoms with Crippen molar-refractivity contribution >= 4 is 11.6 Å². The van der Waals surface area contributed by atoms with Gasteiger partial charge < -0.3 is 10.5 Å². The van der Waals surface area contributed by atoms with Gasteiger partial charge in [0.25, 0.3) is 0 Å². The van der Waals surface area contributed by atoms with Crippen molar-refractivity contribution in [1.82, 2.24) is 0 Å². The van der Waals surface area contributed by atoms with Crippen molar-refractivity contribution in [3.8, 4) is 17.6 Å². The molecule has 2 N–H and O–H groups in total. The molecule has 0 saturated carbocycles. The molecule has 2 aromatic carbocycles. The number of rotatable bonds is 3. The van der Waals surface area contributed by atoms with E-state index in [0.717, 1.165) is 0 Å². The molecular formula is C16H12ClF2NO. The molecule has 0 fully saturated rings. The van der Waals surface area contributed by atoms with Gasteiger partial charge >= 0.3 is 0 Å². The third-order valence-corrected chi connectivity index (χ3v) is 3.05. The highest BCUT2D eigenvalue weighted by Gasteiger charge is 2.10. The van der Waals surface area contributed by atoms with Crippen LogP contribution in [-0.2, 0) is 6.61 Å². The molecule has 0 amide bonds. The van der Waals surface area contributed by atoms with Crippen LogP contribution in [0.1, 0.15) is 11.1 Å². The predicted molar refractivity (Wildman–Crippen MR) is 78.1 cm³/mol. The van der Waals surface area contributed by atoms with Gasteiger partial charge in [-0.1, -0.05) is 29.5 Å². The Hall–Kier alpha value is -2.09. The zero-order valence-corrected chi connectivity index (χ0v) is 11.8. The molecule has 0 aliphatic rings. The van der Waals surface area contributed by atoms with Gasteiger partial charge in [-0.05, 0) is 30.3 Å². The van der Waals surface area contributed by atoms with Crippen LogP contribution in [0.15, 0.2) is 36.4 Å². The lowest BCUT2D eigenvalue weighted by Crippen LogP contribution is -2.01. The summed E-state index contributed by atoms with van der Waals surface area (Å²) in [6, 6.07) is 8.49. The van der Waals surface area contributed by atoms with Crippen molar-refractivity contribution < 1.29 is 13.5 Å². The van der Waals surface area contributed by atoms with Crippen LogP contribution in [0.4, 0.5) is 8.78 Å². The monoisotopic (exact) mass is 307 g/mol. The van der Waals surface area contributed by atoms with Crippen LogP contribution in [0.5, 0.6) is 5.75 Å². The van der Waals surface area contributed by atoms with Gasteiger partial charge in [-0.2, -0.15) is 0 Å². The van der Waals surface area contributed by atoms with E-state index in [4.69, 9.17) is 22.1 Å². The quantitative estimate of drug-likeness (QED) is 0.881. The zero-order chi connectivity index (χ0) is 15.2. The highest BCUT2D eigenvalue weighted by molar-refractivity contribution is 6.31. The van der Waals surface area contributed by atoms with Crippen LogP contribution in [0.2, 0.25) is 5.02 Å². The van der Waals surface area contributed by atoms with Crippen molar-refractivity contribution in [2.45, 2.75) is 6.61 Å². The summed E-state index contributed by atoms with van der Waals surface area (Å²) < 4.78 is 32.6. The third kappa shape index (κ3) is 3.94. The minimum absolute atomic E-state index is 0.0156. The highest BCUT2D eigenvalue weighted by Crippen LogP contribution is 2.23. The van der Waals surface area contributed by atoms with E-state index in [1.807, 2.05) is 0 Å². The van der Waals surface area contributed by atoms with E-state index >= 15 is 0 Å². The van der Waals surface area contributed by atoms with Gasteiger partial charge in [0, 0.05) is 11.1 Å². The maximum atomic E-state index is 13.7. The van der Waals surface area contributed by atoms with Gasteiger partial charge in [0.15, 0.2) is 11.6 Å². The van der Waals surface area contributed by atoms with Crippen LogP contribution in [0.25, 0.3) is 0 Å². The summed E-state index contributed by atoms with van der Waals surface area (Å²) >= 11 is 5.89.